The molecule has 2 nitrogen and oxygen atoms in total. The average molecular weight is 205 g/mol. The van der Waals surface area contributed by atoms with Crippen LogP contribution in [0.3, 0.4) is 0 Å². The first-order valence-electron chi connectivity index (χ1n) is 3.89. The molecule has 0 bridgehead atoms. The van der Waals surface area contributed by atoms with Crippen LogP contribution in [0.5, 0.6) is 0 Å². The summed E-state index contributed by atoms with van der Waals surface area (Å²) in [6.07, 6.45) is 1.68. The van der Waals surface area contributed by atoms with Gasteiger partial charge in [-0.2, -0.15) is 0 Å². The fraction of sp³-hybridized carbons (Fsp3) is 0.500. The Morgan fingerprint density at radius 2 is 1.75 bits per heavy atom. The molecule has 0 aliphatic carbocycles. The highest BCUT2D eigenvalue weighted by Gasteiger charge is 2.08. The predicted octanol–water partition coefficient (Wildman–Crippen LogP) is 2.91. The van der Waals surface area contributed by atoms with E-state index in [1.807, 2.05) is 13.8 Å². The molecule has 1 aromatic heterocycles. The number of aryl methyl sites for hydroxylation is 1. The zero-order valence-electron chi connectivity index (χ0n) is 7.06. The summed E-state index contributed by atoms with van der Waals surface area (Å²) in [5.41, 5.74) is 1.95. The SMILES string of the molecule is CCc1nc(Cl)nc(Cl)c1CC. The van der Waals surface area contributed by atoms with Crippen LogP contribution >= 0.6 is 23.2 Å². The molecule has 0 spiro atoms. The molecule has 0 amide bonds. The summed E-state index contributed by atoms with van der Waals surface area (Å²) in [7, 11) is 0. The van der Waals surface area contributed by atoms with Crippen LogP contribution in [-0.4, -0.2) is 9.97 Å². The van der Waals surface area contributed by atoms with Crippen LogP contribution in [0.15, 0.2) is 0 Å². The Hall–Kier alpha value is -0.340. The second kappa shape index (κ2) is 4.06. The highest BCUT2D eigenvalue weighted by atomic mass is 35.5. The van der Waals surface area contributed by atoms with Gasteiger partial charge in [0.25, 0.3) is 0 Å². The molecule has 0 radical (unpaired) electrons. The Morgan fingerprint density at radius 3 is 2.25 bits per heavy atom. The van der Waals surface area contributed by atoms with Gasteiger partial charge in [0, 0.05) is 11.3 Å². The molecule has 0 saturated heterocycles. The number of aromatic nitrogens is 2. The summed E-state index contributed by atoms with van der Waals surface area (Å²) in [4.78, 5) is 7.97. The summed E-state index contributed by atoms with van der Waals surface area (Å²) >= 11 is 11.5. The van der Waals surface area contributed by atoms with Crippen molar-refractivity contribution in [3.63, 3.8) is 0 Å². The zero-order chi connectivity index (χ0) is 9.14. The van der Waals surface area contributed by atoms with E-state index < -0.39 is 0 Å². The van der Waals surface area contributed by atoms with E-state index in [0.717, 1.165) is 24.1 Å². The van der Waals surface area contributed by atoms with Gasteiger partial charge in [0.15, 0.2) is 0 Å². The molecule has 0 aliphatic rings. The maximum Gasteiger partial charge on any atom is 0.224 e. The average Bonchev–Trinajstić information content (AvgIpc) is 2.03. The predicted molar refractivity (Wildman–Crippen MR) is 50.8 cm³/mol. The highest BCUT2D eigenvalue weighted by Crippen LogP contribution is 2.19. The molecule has 66 valence electrons. The Bertz CT molecular complexity index is 287. The largest absolute Gasteiger partial charge is 0.224 e. The normalized spacial score (nSPS) is 10.3. The van der Waals surface area contributed by atoms with E-state index in [9.17, 15) is 0 Å². The first-order chi connectivity index (χ1) is 5.69. The van der Waals surface area contributed by atoms with Crippen LogP contribution in [-0.2, 0) is 12.8 Å². The number of rotatable bonds is 2. The second-order valence-corrected chi connectivity index (χ2v) is 3.11. The van der Waals surface area contributed by atoms with Gasteiger partial charge in [-0.05, 0) is 24.4 Å². The summed E-state index contributed by atoms with van der Waals surface area (Å²) in [5, 5.41) is 0.711. The van der Waals surface area contributed by atoms with Crippen molar-refractivity contribution >= 4 is 23.2 Å². The molecule has 0 saturated carbocycles. The summed E-state index contributed by atoms with van der Waals surface area (Å²) in [6, 6.07) is 0. The third kappa shape index (κ3) is 1.87. The van der Waals surface area contributed by atoms with Crippen LogP contribution in [0.2, 0.25) is 10.4 Å². The standard InChI is InChI=1S/C8H10Cl2N2/c1-3-5-6(4-2)11-8(10)12-7(5)9/h3-4H2,1-2H3. The van der Waals surface area contributed by atoms with Gasteiger partial charge in [0.1, 0.15) is 5.15 Å². The van der Waals surface area contributed by atoms with Crippen molar-refractivity contribution in [3.05, 3.63) is 21.7 Å². The molecule has 4 heteroatoms. The van der Waals surface area contributed by atoms with Crippen molar-refractivity contribution in [3.8, 4) is 0 Å². The maximum atomic E-state index is 5.88. The van der Waals surface area contributed by atoms with Gasteiger partial charge in [-0.15, -0.1) is 0 Å². The Balaban J connectivity index is 3.24. The van der Waals surface area contributed by atoms with Crippen LogP contribution in [0.1, 0.15) is 25.1 Å². The van der Waals surface area contributed by atoms with E-state index in [0.29, 0.717) is 5.15 Å². The summed E-state index contributed by atoms with van der Waals surface area (Å²) in [6.45, 7) is 4.05. The van der Waals surface area contributed by atoms with Gasteiger partial charge in [-0.1, -0.05) is 25.4 Å². The summed E-state index contributed by atoms with van der Waals surface area (Å²) < 4.78 is 0. The van der Waals surface area contributed by atoms with Gasteiger partial charge in [0.05, 0.1) is 0 Å². The van der Waals surface area contributed by atoms with Crippen molar-refractivity contribution in [2.24, 2.45) is 0 Å². The highest BCUT2D eigenvalue weighted by molar-refractivity contribution is 6.32. The zero-order valence-corrected chi connectivity index (χ0v) is 8.58. The first-order valence-corrected chi connectivity index (χ1v) is 4.65. The van der Waals surface area contributed by atoms with E-state index in [4.69, 9.17) is 23.2 Å². The third-order valence-corrected chi connectivity index (χ3v) is 2.19. The van der Waals surface area contributed by atoms with Gasteiger partial charge < -0.3 is 0 Å². The molecule has 12 heavy (non-hydrogen) atoms. The van der Waals surface area contributed by atoms with Crippen molar-refractivity contribution in [1.29, 1.82) is 0 Å². The molecular formula is C8H10Cl2N2. The molecule has 0 N–H and O–H groups in total. The van der Waals surface area contributed by atoms with Gasteiger partial charge in [-0.25, -0.2) is 9.97 Å². The molecule has 1 aromatic rings. The lowest BCUT2D eigenvalue weighted by molar-refractivity contribution is 0.931. The third-order valence-electron chi connectivity index (χ3n) is 1.70. The minimum absolute atomic E-state index is 0.231. The number of nitrogens with zero attached hydrogens (tertiary/aromatic N) is 2. The fourth-order valence-corrected chi connectivity index (χ4v) is 1.67. The van der Waals surface area contributed by atoms with Gasteiger partial charge >= 0.3 is 0 Å². The van der Waals surface area contributed by atoms with E-state index in [-0.39, 0.29) is 5.28 Å². The number of hydrogen-bond donors (Lipinski definition) is 0. The van der Waals surface area contributed by atoms with E-state index >= 15 is 0 Å². The molecule has 1 rings (SSSR count). The van der Waals surface area contributed by atoms with Crippen LogP contribution < -0.4 is 0 Å². The molecule has 0 atom stereocenters. The van der Waals surface area contributed by atoms with E-state index in [2.05, 4.69) is 9.97 Å². The molecule has 0 aliphatic heterocycles. The smallest absolute Gasteiger partial charge is 0.223 e. The quantitative estimate of drug-likeness (QED) is 0.548. The minimum Gasteiger partial charge on any atom is -0.223 e. The van der Waals surface area contributed by atoms with Crippen LogP contribution in [0.4, 0.5) is 0 Å². The lowest BCUT2D eigenvalue weighted by atomic mass is 10.1. The van der Waals surface area contributed by atoms with Crippen LogP contribution in [0.25, 0.3) is 0 Å². The lowest BCUT2D eigenvalue weighted by Crippen LogP contribution is -1.99. The maximum absolute atomic E-state index is 5.88. The van der Waals surface area contributed by atoms with Crippen molar-refractivity contribution in [1.82, 2.24) is 9.97 Å². The van der Waals surface area contributed by atoms with Crippen molar-refractivity contribution < 1.29 is 0 Å². The molecular weight excluding hydrogens is 195 g/mol. The minimum atomic E-state index is 0.231. The van der Waals surface area contributed by atoms with Crippen molar-refractivity contribution in [2.75, 3.05) is 0 Å². The van der Waals surface area contributed by atoms with Gasteiger partial charge in [-0.3, -0.25) is 0 Å². The molecule has 1 heterocycles. The summed E-state index contributed by atoms with van der Waals surface area (Å²) in [5.74, 6) is 0. The molecule has 0 fully saturated rings. The second-order valence-electron chi connectivity index (χ2n) is 2.42. The Kier molecular flexibility index (Phi) is 3.29. The lowest BCUT2D eigenvalue weighted by Gasteiger charge is -2.05. The topological polar surface area (TPSA) is 25.8 Å². The Labute approximate surface area is 81.9 Å². The molecule has 0 unspecified atom stereocenters. The number of hydrogen-bond acceptors (Lipinski definition) is 2. The van der Waals surface area contributed by atoms with Gasteiger partial charge in [0.2, 0.25) is 5.28 Å². The van der Waals surface area contributed by atoms with Crippen LogP contribution in [0, 0.1) is 0 Å². The van der Waals surface area contributed by atoms with Crippen molar-refractivity contribution in [2.45, 2.75) is 26.7 Å². The molecule has 0 aromatic carbocycles. The Morgan fingerprint density at radius 1 is 1.08 bits per heavy atom. The first kappa shape index (κ1) is 9.75. The monoisotopic (exact) mass is 204 g/mol. The number of halogens is 2. The van der Waals surface area contributed by atoms with E-state index in [1.54, 1.807) is 0 Å². The fourth-order valence-electron chi connectivity index (χ4n) is 1.11. The van der Waals surface area contributed by atoms with E-state index in [1.165, 1.54) is 0 Å².